The van der Waals surface area contributed by atoms with Crippen molar-refractivity contribution in [2.75, 3.05) is 0 Å². The summed E-state index contributed by atoms with van der Waals surface area (Å²) >= 11 is 0. The number of hydrogen-bond acceptors (Lipinski definition) is 2. The van der Waals surface area contributed by atoms with Crippen molar-refractivity contribution in [1.29, 1.82) is 0 Å². The van der Waals surface area contributed by atoms with Crippen molar-refractivity contribution in [2.45, 2.75) is 6.92 Å². The van der Waals surface area contributed by atoms with Crippen LogP contribution >= 0.6 is 0 Å². The third kappa shape index (κ3) is 3.45. The highest BCUT2D eigenvalue weighted by atomic mass is 16.3. The van der Waals surface area contributed by atoms with Crippen LogP contribution in [0.3, 0.4) is 0 Å². The van der Waals surface area contributed by atoms with Gasteiger partial charge in [0.25, 0.3) is 0 Å². The van der Waals surface area contributed by atoms with Crippen LogP contribution in [0.15, 0.2) is 59.8 Å². The van der Waals surface area contributed by atoms with Gasteiger partial charge >= 0.3 is 5.91 Å². The highest BCUT2D eigenvalue weighted by Gasteiger charge is 1.98. The molecule has 0 heterocycles. The van der Waals surface area contributed by atoms with Gasteiger partial charge in [-0.15, -0.1) is 4.91 Å². The first-order valence-corrected chi connectivity index (χ1v) is 5.91. The van der Waals surface area contributed by atoms with Crippen LogP contribution in [-0.2, 0) is 4.79 Å². The molecule has 0 atom stereocenters. The van der Waals surface area contributed by atoms with Crippen molar-refractivity contribution < 1.29 is 4.79 Å². The van der Waals surface area contributed by atoms with Crippen LogP contribution in [0, 0.1) is 11.8 Å². The fourth-order valence-electron chi connectivity index (χ4n) is 1.81. The third-order valence-electron chi connectivity index (χ3n) is 2.77. The Hall–Kier alpha value is -2.55. The predicted octanol–water partition coefficient (Wildman–Crippen LogP) is 3.97. The number of benzene rings is 2. The minimum absolute atomic E-state index is 0.775. The van der Waals surface area contributed by atoms with Gasteiger partial charge < -0.3 is 0 Å². The molecule has 19 heavy (non-hydrogen) atoms. The van der Waals surface area contributed by atoms with Gasteiger partial charge in [0, 0.05) is 11.3 Å². The average Bonchev–Trinajstić information content (AvgIpc) is 2.45. The van der Waals surface area contributed by atoms with E-state index in [1.807, 2.05) is 30.3 Å². The molecule has 2 aromatic rings. The second-order valence-corrected chi connectivity index (χ2v) is 4.25. The molecule has 3 nitrogen and oxygen atoms in total. The molecule has 0 saturated carbocycles. The Balaban J connectivity index is 2.21. The van der Waals surface area contributed by atoms with Gasteiger partial charge in [-0.05, 0) is 29.7 Å². The number of amides is 1. The van der Waals surface area contributed by atoms with Crippen molar-refractivity contribution in [3.63, 3.8) is 0 Å². The lowest BCUT2D eigenvalue weighted by Crippen LogP contribution is -1.83. The van der Waals surface area contributed by atoms with E-state index in [9.17, 15) is 9.70 Å². The fourth-order valence-corrected chi connectivity index (χ4v) is 1.81. The van der Waals surface area contributed by atoms with E-state index in [1.165, 1.54) is 5.56 Å². The molecule has 0 N–H and O–H groups in total. The molecule has 0 aliphatic rings. The zero-order valence-electron chi connectivity index (χ0n) is 10.5. The second-order valence-electron chi connectivity index (χ2n) is 4.25. The normalized spacial score (nSPS) is 10.6. The minimum atomic E-state index is -0.775. The lowest BCUT2D eigenvalue weighted by molar-refractivity contribution is -0.113. The highest BCUT2D eigenvalue weighted by molar-refractivity contribution is 5.92. The number of carbonyl (C=O) groups is 1. The van der Waals surface area contributed by atoms with Gasteiger partial charge in [-0.1, -0.05) is 54.1 Å². The second kappa shape index (κ2) is 5.87. The van der Waals surface area contributed by atoms with Gasteiger partial charge in [-0.2, -0.15) is 0 Å². The molecular weight excluding hydrogens is 238 g/mol. The Kier molecular flexibility index (Phi) is 3.98. The summed E-state index contributed by atoms with van der Waals surface area (Å²) in [7, 11) is 0. The molecule has 0 unspecified atom stereocenters. The maximum absolute atomic E-state index is 10.7. The van der Waals surface area contributed by atoms with E-state index in [4.69, 9.17) is 0 Å². The number of carbonyl (C=O) groups excluding carboxylic acids is 1. The van der Waals surface area contributed by atoms with Gasteiger partial charge in [0.1, 0.15) is 0 Å². The van der Waals surface area contributed by atoms with Crippen LogP contribution in [-0.4, -0.2) is 5.91 Å². The Morgan fingerprint density at radius 1 is 1.05 bits per heavy atom. The van der Waals surface area contributed by atoms with Gasteiger partial charge in [-0.3, -0.25) is 4.79 Å². The molecule has 0 radical (unpaired) electrons. The van der Waals surface area contributed by atoms with Crippen LogP contribution in [0.1, 0.15) is 11.1 Å². The summed E-state index contributed by atoms with van der Waals surface area (Å²) in [6, 6.07) is 16.0. The smallest absolute Gasteiger partial charge is 0.264 e. The summed E-state index contributed by atoms with van der Waals surface area (Å²) in [5.41, 5.74) is 4.33. The van der Waals surface area contributed by atoms with Crippen LogP contribution in [0.4, 0.5) is 0 Å². The van der Waals surface area contributed by atoms with Gasteiger partial charge in [0.15, 0.2) is 0 Å². The number of aryl methyl sites for hydroxylation is 1. The summed E-state index contributed by atoms with van der Waals surface area (Å²) < 4.78 is 0. The van der Waals surface area contributed by atoms with E-state index in [-0.39, 0.29) is 0 Å². The average molecular weight is 251 g/mol. The van der Waals surface area contributed by atoms with Crippen LogP contribution in [0.2, 0.25) is 0 Å². The van der Waals surface area contributed by atoms with E-state index >= 15 is 0 Å². The van der Waals surface area contributed by atoms with E-state index in [2.05, 4.69) is 30.3 Å². The van der Waals surface area contributed by atoms with Gasteiger partial charge in [0.2, 0.25) is 0 Å². The number of nitrogens with zero attached hydrogens (tertiary/aromatic N) is 1. The molecule has 0 aliphatic heterocycles. The summed E-state index contributed by atoms with van der Waals surface area (Å²) in [6.45, 7) is 2.05. The molecule has 2 aromatic carbocycles. The third-order valence-corrected chi connectivity index (χ3v) is 2.77. The predicted molar refractivity (Wildman–Crippen MR) is 76.5 cm³/mol. The van der Waals surface area contributed by atoms with Crippen molar-refractivity contribution in [1.82, 2.24) is 0 Å². The topological polar surface area (TPSA) is 46.5 Å². The quantitative estimate of drug-likeness (QED) is 0.612. The minimum Gasteiger partial charge on any atom is -0.264 e. The van der Waals surface area contributed by atoms with Gasteiger partial charge in [-0.25, -0.2) is 0 Å². The molecule has 2 rings (SSSR count). The highest BCUT2D eigenvalue weighted by Crippen LogP contribution is 2.21. The van der Waals surface area contributed by atoms with Crippen LogP contribution in [0.25, 0.3) is 17.2 Å². The van der Waals surface area contributed by atoms with Crippen molar-refractivity contribution in [3.05, 3.63) is 70.6 Å². The Labute approximate surface area is 111 Å². The molecule has 0 aromatic heterocycles. The number of nitroso groups, excluding NO2 is 1. The molecular formula is C16H13NO2. The molecule has 0 fully saturated rings. The zero-order chi connectivity index (χ0) is 13.7. The molecule has 3 heteroatoms. The SMILES string of the molecule is Cc1cccc(-c2ccc(/C=C/C(=O)N=O)cc2)c1. The van der Waals surface area contributed by atoms with Gasteiger partial charge in [0.05, 0.1) is 0 Å². The Bertz CT molecular complexity index is 627. The standard InChI is InChI=1S/C16H13NO2/c1-12-3-2-4-15(11-12)14-8-5-13(6-9-14)7-10-16(18)17-19/h2-11H,1H3/b10-7+. The first-order valence-electron chi connectivity index (χ1n) is 5.91. The summed E-state index contributed by atoms with van der Waals surface area (Å²) in [5.74, 6) is -0.775. The Morgan fingerprint density at radius 2 is 1.79 bits per heavy atom. The summed E-state index contributed by atoms with van der Waals surface area (Å²) in [4.78, 5) is 20.7. The lowest BCUT2D eigenvalue weighted by Gasteiger charge is -2.03. The molecule has 0 aliphatic carbocycles. The molecule has 1 amide bonds. The lowest BCUT2D eigenvalue weighted by atomic mass is 10.0. The van der Waals surface area contributed by atoms with E-state index < -0.39 is 5.91 Å². The first kappa shape index (κ1) is 12.9. The van der Waals surface area contributed by atoms with E-state index in [0.29, 0.717) is 0 Å². The summed E-state index contributed by atoms with van der Waals surface area (Å²) in [5, 5.41) is 2.30. The molecule has 0 bridgehead atoms. The van der Waals surface area contributed by atoms with Crippen LogP contribution < -0.4 is 0 Å². The van der Waals surface area contributed by atoms with E-state index in [1.54, 1.807) is 6.08 Å². The Morgan fingerprint density at radius 3 is 2.42 bits per heavy atom. The molecule has 0 spiro atoms. The van der Waals surface area contributed by atoms with Crippen molar-refractivity contribution >= 4 is 12.0 Å². The largest absolute Gasteiger partial charge is 0.309 e. The number of rotatable bonds is 3. The maximum Gasteiger partial charge on any atom is 0.309 e. The first-order chi connectivity index (χ1) is 9.19. The fraction of sp³-hybridized carbons (Fsp3) is 0.0625. The monoisotopic (exact) mass is 251 g/mol. The van der Waals surface area contributed by atoms with Crippen molar-refractivity contribution in [2.24, 2.45) is 5.18 Å². The summed E-state index contributed by atoms with van der Waals surface area (Å²) in [6.07, 6.45) is 2.73. The van der Waals surface area contributed by atoms with Crippen LogP contribution in [0.5, 0.6) is 0 Å². The van der Waals surface area contributed by atoms with Crippen molar-refractivity contribution in [3.8, 4) is 11.1 Å². The molecule has 0 saturated heterocycles. The number of hydrogen-bond donors (Lipinski definition) is 0. The zero-order valence-corrected chi connectivity index (χ0v) is 10.5. The van der Waals surface area contributed by atoms with E-state index in [0.717, 1.165) is 22.8 Å². The molecule has 94 valence electrons. The maximum atomic E-state index is 10.7.